The van der Waals surface area contributed by atoms with Crippen LogP contribution in [0.1, 0.15) is 21.9 Å². The van der Waals surface area contributed by atoms with Crippen LogP contribution in [0.5, 0.6) is 0 Å². The van der Waals surface area contributed by atoms with Crippen LogP contribution < -0.4 is 11.1 Å². The third-order valence-corrected chi connectivity index (χ3v) is 2.89. The Balaban J connectivity index is 2.28. The molecule has 94 valence electrons. The molecule has 0 bridgehead atoms. The van der Waals surface area contributed by atoms with Gasteiger partial charge in [-0.2, -0.15) is 0 Å². The van der Waals surface area contributed by atoms with E-state index in [1.165, 1.54) is 17.6 Å². The van der Waals surface area contributed by atoms with Crippen LogP contribution in [0.3, 0.4) is 0 Å². The Morgan fingerprint density at radius 2 is 2.53 bits per heavy atom. The first-order chi connectivity index (χ1) is 8.27. The number of hydrogen-bond donors (Lipinski definition) is 2. The van der Waals surface area contributed by atoms with Gasteiger partial charge < -0.3 is 15.8 Å². The maximum Gasteiger partial charge on any atom is 0.270 e. The topological polar surface area (TPSA) is 77.2 Å². The van der Waals surface area contributed by atoms with E-state index in [2.05, 4.69) is 16.9 Å². The molecule has 0 atom stereocenters. The average Bonchev–Trinajstić information content (AvgIpc) is 2.78. The highest BCUT2D eigenvalue weighted by atomic mass is 32.1. The van der Waals surface area contributed by atoms with Crippen LogP contribution in [0.15, 0.2) is 18.2 Å². The molecule has 0 aliphatic carbocycles. The number of carbonyl (C=O) groups is 1. The van der Waals surface area contributed by atoms with Gasteiger partial charge in [-0.15, -0.1) is 11.3 Å². The SMILES string of the molecule is C=COCCCNC(=O)c1csc(CCN)n1. The number of carbonyl (C=O) groups excluding carboxylic acids is 1. The van der Waals surface area contributed by atoms with Crippen LogP contribution in [0.4, 0.5) is 0 Å². The molecule has 3 N–H and O–H groups in total. The normalized spacial score (nSPS) is 9.94. The van der Waals surface area contributed by atoms with Crippen LogP contribution >= 0.6 is 11.3 Å². The third-order valence-electron chi connectivity index (χ3n) is 1.98. The van der Waals surface area contributed by atoms with Crippen LogP contribution in [0, 0.1) is 0 Å². The lowest BCUT2D eigenvalue weighted by molar-refractivity contribution is 0.0946. The van der Waals surface area contributed by atoms with E-state index in [1.807, 2.05) is 0 Å². The molecule has 1 aromatic rings. The molecule has 0 aliphatic rings. The predicted octanol–water partition coefficient (Wildman–Crippen LogP) is 0.924. The Kier molecular flexibility index (Phi) is 6.27. The second kappa shape index (κ2) is 7.81. The molecular formula is C11H17N3O2S. The number of aromatic nitrogens is 1. The fourth-order valence-corrected chi connectivity index (χ4v) is 1.98. The first-order valence-corrected chi connectivity index (χ1v) is 6.31. The van der Waals surface area contributed by atoms with Gasteiger partial charge in [0.25, 0.3) is 5.91 Å². The predicted molar refractivity (Wildman–Crippen MR) is 68.0 cm³/mol. The number of nitrogens with two attached hydrogens (primary N) is 1. The second-order valence-corrected chi connectivity index (χ2v) is 4.25. The lowest BCUT2D eigenvalue weighted by Gasteiger charge is -2.02. The first kappa shape index (κ1) is 13.7. The number of nitrogens with one attached hydrogen (secondary N) is 1. The largest absolute Gasteiger partial charge is 0.502 e. The highest BCUT2D eigenvalue weighted by molar-refractivity contribution is 7.09. The Morgan fingerprint density at radius 1 is 1.71 bits per heavy atom. The van der Waals surface area contributed by atoms with Gasteiger partial charge in [-0.3, -0.25) is 4.79 Å². The van der Waals surface area contributed by atoms with Gasteiger partial charge in [0.05, 0.1) is 17.9 Å². The molecule has 0 saturated heterocycles. The summed E-state index contributed by atoms with van der Waals surface area (Å²) >= 11 is 1.46. The molecule has 0 radical (unpaired) electrons. The smallest absolute Gasteiger partial charge is 0.270 e. The van der Waals surface area contributed by atoms with Crippen LogP contribution in [-0.4, -0.2) is 30.6 Å². The van der Waals surface area contributed by atoms with E-state index in [9.17, 15) is 4.79 Å². The number of nitrogens with zero attached hydrogens (tertiary/aromatic N) is 1. The number of thiazole rings is 1. The summed E-state index contributed by atoms with van der Waals surface area (Å²) in [6.45, 7) is 5.10. The summed E-state index contributed by atoms with van der Waals surface area (Å²) in [5, 5.41) is 5.42. The Bertz CT molecular complexity index is 365. The van der Waals surface area contributed by atoms with Crippen molar-refractivity contribution >= 4 is 17.2 Å². The van der Waals surface area contributed by atoms with Crippen molar-refractivity contribution in [2.45, 2.75) is 12.8 Å². The lowest BCUT2D eigenvalue weighted by atomic mass is 10.4. The minimum Gasteiger partial charge on any atom is -0.502 e. The van der Waals surface area contributed by atoms with E-state index in [0.717, 1.165) is 11.4 Å². The standard InChI is InChI=1S/C11H17N3O2S/c1-2-16-7-3-6-13-11(15)9-8-17-10(14-9)4-5-12/h2,8H,1,3-7,12H2,(H,13,15). The van der Waals surface area contributed by atoms with Gasteiger partial charge in [0.2, 0.25) is 0 Å². The zero-order valence-electron chi connectivity index (χ0n) is 9.65. The van der Waals surface area contributed by atoms with Gasteiger partial charge in [0.15, 0.2) is 0 Å². The molecule has 0 unspecified atom stereocenters. The zero-order valence-corrected chi connectivity index (χ0v) is 10.5. The molecule has 5 nitrogen and oxygen atoms in total. The summed E-state index contributed by atoms with van der Waals surface area (Å²) in [4.78, 5) is 15.8. The fourth-order valence-electron chi connectivity index (χ4n) is 1.18. The monoisotopic (exact) mass is 255 g/mol. The van der Waals surface area contributed by atoms with Gasteiger partial charge in [-0.05, 0) is 13.0 Å². The van der Waals surface area contributed by atoms with E-state index < -0.39 is 0 Å². The first-order valence-electron chi connectivity index (χ1n) is 5.43. The fraction of sp³-hybridized carbons (Fsp3) is 0.455. The van der Waals surface area contributed by atoms with E-state index in [0.29, 0.717) is 31.8 Å². The van der Waals surface area contributed by atoms with Crippen molar-refractivity contribution in [3.63, 3.8) is 0 Å². The van der Waals surface area contributed by atoms with E-state index in [-0.39, 0.29) is 5.91 Å². The average molecular weight is 255 g/mol. The lowest BCUT2D eigenvalue weighted by Crippen LogP contribution is -2.25. The molecule has 1 rings (SSSR count). The minimum atomic E-state index is -0.150. The highest BCUT2D eigenvalue weighted by Crippen LogP contribution is 2.09. The quantitative estimate of drug-likeness (QED) is 0.535. The minimum absolute atomic E-state index is 0.150. The molecule has 0 aromatic carbocycles. The second-order valence-electron chi connectivity index (χ2n) is 3.31. The van der Waals surface area contributed by atoms with Gasteiger partial charge >= 0.3 is 0 Å². The van der Waals surface area contributed by atoms with E-state index in [4.69, 9.17) is 10.5 Å². The number of hydrogen-bond acceptors (Lipinski definition) is 5. The molecule has 1 aromatic heterocycles. The maximum absolute atomic E-state index is 11.6. The van der Waals surface area contributed by atoms with E-state index >= 15 is 0 Å². The molecule has 6 heteroatoms. The molecular weight excluding hydrogens is 238 g/mol. The molecule has 0 aliphatic heterocycles. The Hall–Kier alpha value is -1.40. The van der Waals surface area contributed by atoms with Crippen molar-refractivity contribution in [3.05, 3.63) is 28.9 Å². The maximum atomic E-state index is 11.6. The summed E-state index contributed by atoms with van der Waals surface area (Å²) in [6.07, 6.45) is 2.85. The van der Waals surface area contributed by atoms with Crippen LogP contribution in [0.25, 0.3) is 0 Å². The van der Waals surface area contributed by atoms with Crippen molar-refractivity contribution < 1.29 is 9.53 Å². The molecule has 1 heterocycles. The molecule has 0 saturated carbocycles. The van der Waals surface area contributed by atoms with Gasteiger partial charge in [-0.25, -0.2) is 4.98 Å². The van der Waals surface area contributed by atoms with Crippen molar-refractivity contribution in [2.75, 3.05) is 19.7 Å². The van der Waals surface area contributed by atoms with Crippen molar-refractivity contribution in [1.82, 2.24) is 10.3 Å². The van der Waals surface area contributed by atoms with Gasteiger partial charge in [0.1, 0.15) is 5.69 Å². The third kappa shape index (κ3) is 4.97. The van der Waals surface area contributed by atoms with Crippen molar-refractivity contribution in [1.29, 1.82) is 0 Å². The highest BCUT2D eigenvalue weighted by Gasteiger charge is 2.09. The summed E-state index contributed by atoms with van der Waals surface area (Å²) in [7, 11) is 0. The molecule has 17 heavy (non-hydrogen) atoms. The summed E-state index contributed by atoms with van der Waals surface area (Å²) in [5.74, 6) is -0.150. The molecule has 1 amide bonds. The summed E-state index contributed by atoms with van der Waals surface area (Å²) in [5.41, 5.74) is 5.88. The molecule has 0 spiro atoms. The van der Waals surface area contributed by atoms with Gasteiger partial charge in [-0.1, -0.05) is 6.58 Å². The number of ether oxygens (including phenoxy) is 1. The van der Waals surface area contributed by atoms with Crippen LogP contribution in [0.2, 0.25) is 0 Å². The van der Waals surface area contributed by atoms with Gasteiger partial charge in [0, 0.05) is 18.3 Å². The van der Waals surface area contributed by atoms with Crippen molar-refractivity contribution in [3.8, 4) is 0 Å². The Morgan fingerprint density at radius 3 is 3.24 bits per heavy atom. The van der Waals surface area contributed by atoms with Crippen molar-refractivity contribution in [2.24, 2.45) is 5.73 Å². The zero-order chi connectivity index (χ0) is 12.5. The Labute approximate surface area is 105 Å². The number of rotatable bonds is 8. The van der Waals surface area contributed by atoms with E-state index in [1.54, 1.807) is 5.38 Å². The number of amides is 1. The summed E-state index contributed by atoms with van der Waals surface area (Å²) in [6, 6.07) is 0. The molecule has 0 fully saturated rings. The van der Waals surface area contributed by atoms with Crippen LogP contribution in [-0.2, 0) is 11.2 Å². The summed E-state index contributed by atoms with van der Waals surface area (Å²) < 4.78 is 4.94.